The van der Waals surface area contributed by atoms with Crippen molar-refractivity contribution in [3.63, 3.8) is 0 Å². The van der Waals surface area contributed by atoms with Crippen LogP contribution in [0.2, 0.25) is 0 Å². The highest BCUT2D eigenvalue weighted by Crippen LogP contribution is 2.34. The predicted octanol–water partition coefficient (Wildman–Crippen LogP) is 6.22. The molecule has 0 heterocycles. The number of benzene rings is 2. The van der Waals surface area contributed by atoms with Gasteiger partial charge in [-0.3, -0.25) is 4.79 Å². The van der Waals surface area contributed by atoms with E-state index < -0.39 is 17.7 Å². The molecule has 0 radical (unpaired) electrons. The van der Waals surface area contributed by atoms with Crippen molar-refractivity contribution in [3.05, 3.63) is 64.7 Å². The zero-order chi connectivity index (χ0) is 24.0. The van der Waals surface area contributed by atoms with E-state index in [9.17, 15) is 23.1 Å². The second-order valence-corrected chi connectivity index (χ2v) is 9.30. The highest BCUT2D eigenvalue weighted by molar-refractivity contribution is 5.70. The molecule has 3 rings (SSSR count). The first-order valence-corrected chi connectivity index (χ1v) is 11.5. The Morgan fingerprint density at radius 3 is 2.45 bits per heavy atom. The third-order valence-corrected chi connectivity index (χ3v) is 6.06. The van der Waals surface area contributed by atoms with Crippen molar-refractivity contribution in [1.82, 2.24) is 5.32 Å². The van der Waals surface area contributed by atoms with Gasteiger partial charge in [-0.1, -0.05) is 44.5 Å². The molecular formula is C26H32F3NO3. The average Bonchev–Trinajstić information content (AvgIpc) is 2.77. The van der Waals surface area contributed by atoms with Gasteiger partial charge in [0.1, 0.15) is 12.4 Å². The summed E-state index contributed by atoms with van der Waals surface area (Å²) < 4.78 is 46.2. The van der Waals surface area contributed by atoms with Crippen LogP contribution >= 0.6 is 0 Å². The zero-order valence-corrected chi connectivity index (χ0v) is 19.1. The summed E-state index contributed by atoms with van der Waals surface area (Å²) in [6.45, 7) is 4.49. The number of carboxylic acids is 1. The van der Waals surface area contributed by atoms with E-state index >= 15 is 0 Å². The van der Waals surface area contributed by atoms with Crippen LogP contribution in [-0.4, -0.2) is 17.1 Å². The molecule has 0 spiro atoms. The Kier molecular flexibility index (Phi) is 8.40. The van der Waals surface area contributed by atoms with E-state index in [1.807, 2.05) is 26.0 Å². The van der Waals surface area contributed by atoms with Gasteiger partial charge in [-0.05, 0) is 66.5 Å². The number of alkyl halides is 3. The van der Waals surface area contributed by atoms with Gasteiger partial charge in [0.15, 0.2) is 0 Å². The Morgan fingerprint density at radius 1 is 1.12 bits per heavy atom. The molecule has 2 N–H and O–H groups in total. The largest absolute Gasteiger partial charge is 0.489 e. The van der Waals surface area contributed by atoms with E-state index in [-0.39, 0.29) is 24.5 Å². The van der Waals surface area contributed by atoms with Crippen LogP contribution < -0.4 is 10.1 Å². The molecule has 7 heteroatoms. The van der Waals surface area contributed by atoms with Gasteiger partial charge in [-0.2, -0.15) is 13.2 Å². The quantitative estimate of drug-likeness (QED) is 0.464. The number of rotatable bonds is 9. The van der Waals surface area contributed by atoms with Crippen molar-refractivity contribution in [2.45, 2.75) is 71.3 Å². The summed E-state index contributed by atoms with van der Waals surface area (Å²) in [5, 5.41) is 12.6. The van der Waals surface area contributed by atoms with Crippen LogP contribution in [0.5, 0.6) is 5.75 Å². The van der Waals surface area contributed by atoms with E-state index in [0.717, 1.165) is 24.8 Å². The lowest BCUT2D eigenvalue weighted by Crippen LogP contribution is -2.36. The standard InChI is InChI=1S/C26H32F3NO3/c1-17(2)12-20-9-6-19(13-24(20)26(27,28)29)16-33-23-10-7-18(8-11-23)15-30-22-5-3-4-21(14-22)25(31)32/h6-11,13,17,21-22,30H,3-5,12,14-16H2,1-2H3,(H,31,32). The van der Waals surface area contributed by atoms with Crippen LogP contribution in [-0.2, 0) is 30.5 Å². The van der Waals surface area contributed by atoms with Gasteiger partial charge < -0.3 is 15.2 Å². The lowest BCUT2D eigenvalue weighted by atomic mass is 9.86. The van der Waals surface area contributed by atoms with E-state index in [2.05, 4.69) is 5.32 Å². The first-order chi connectivity index (χ1) is 15.6. The Balaban J connectivity index is 1.54. The molecule has 0 amide bonds. The van der Waals surface area contributed by atoms with Crippen molar-refractivity contribution in [3.8, 4) is 5.75 Å². The molecule has 0 aliphatic heterocycles. The Hall–Kier alpha value is -2.54. The number of carbonyl (C=O) groups is 1. The molecular weight excluding hydrogens is 431 g/mol. The fourth-order valence-corrected chi connectivity index (χ4v) is 4.33. The van der Waals surface area contributed by atoms with Crippen LogP contribution in [0.1, 0.15) is 61.8 Å². The topological polar surface area (TPSA) is 58.6 Å². The Bertz CT molecular complexity index is 925. The summed E-state index contributed by atoms with van der Waals surface area (Å²) in [6, 6.07) is 12.0. The van der Waals surface area contributed by atoms with Gasteiger partial charge in [0, 0.05) is 12.6 Å². The first-order valence-electron chi connectivity index (χ1n) is 11.5. The SMILES string of the molecule is CC(C)Cc1ccc(COc2ccc(CNC3CCCC(C(=O)O)C3)cc2)cc1C(F)(F)F. The fraction of sp³-hybridized carbons (Fsp3) is 0.500. The second kappa shape index (κ2) is 11.1. The lowest BCUT2D eigenvalue weighted by molar-refractivity contribution is -0.143. The van der Waals surface area contributed by atoms with Gasteiger partial charge in [0.25, 0.3) is 0 Å². The molecule has 33 heavy (non-hydrogen) atoms. The molecule has 0 saturated heterocycles. The van der Waals surface area contributed by atoms with Gasteiger partial charge >= 0.3 is 12.1 Å². The number of hydrogen-bond acceptors (Lipinski definition) is 3. The molecule has 2 aromatic carbocycles. The minimum Gasteiger partial charge on any atom is -0.489 e. The predicted molar refractivity (Wildman–Crippen MR) is 121 cm³/mol. The fourth-order valence-electron chi connectivity index (χ4n) is 4.33. The van der Waals surface area contributed by atoms with Crippen LogP contribution in [0.4, 0.5) is 13.2 Å². The maximum Gasteiger partial charge on any atom is 0.416 e. The van der Waals surface area contributed by atoms with Crippen LogP contribution in [0.15, 0.2) is 42.5 Å². The van der Waals surface area contributed by atoms with Crippen molar-refractivity contribution in [1.29, 1.82) is 0 Å². The molecule has 2 atom stereocenters. The van der Waals surface area contributed by atoms with E-state index in [1.54, 1.807) is 24.3 Å². The van der Waals surface area contributed by atoms with Crippen LogP contribution in [0, 0.1) is 11.8 Å². The maximum absolute atomic E-state index is 13.5. The normalized spacial score (nSPS) is 19.0. The van der Waals surface area contributed by atoms with Gasteiger partial charge in [0.05, 0.1) is 11.5 Å². The summed E-state index contributed by atoms with van der Waals surface area (Å²) in [5.41, 5.74) is 1.24. The number of aliphatic carboxylic acids is 1. The van der Waals surface area contributed by atoms with Crippen LogP contribution in [0.25, 0.3) is 0 Å². The Morgan fingerprint density at radius 2 is 1.82 bits per heavy atom. The van der Waals surface area contributed by atoms with Crippen molar-refractivity contribution in [2.24, 2.45) is 11.8 Å². The minimum atomic E-state index is -4.39. The molecule has 2 unspecified atom stereocenters. The van der Waals surface area contributed by atoms with E-state index in [1.165, 1.54) is 6.07 Å². The van der Waals surface area contributed by atoms with Crippen molar-refractivity contribution < 1.29 is 27.8 Å². The number of ether oxygens (including phenoxy) is 1. The summed E-state index contributed by atoms with van der Waals surface area (Å²) >= 11 is 0. The average molecular weight is 464 g/mol. The maximum atomic E-state index is 13.5. The Labute approximate surface area is 193 Å². The molecule has 1 aliphatic rings. The first kappa shape index (κ1) is 25.1. The minimum absolute atomic E-state index is 0.0568. The summed E-state index contributed by atoms with van der Waals surface area (Å²) in [5.74, 6) is -0.274. The number of carboxylic acid groups (broad SMARTS) is 1. The monoisotopic (exact) mass is 463 g/mol. The number of hydrogen-bond donors (Lipinski definition) is 2. The second-order valence-electron chi connectivity index (χ2n) is 9.30. The van der Waals surface area contributed by atoms with Crippen molar-refractivity contribution in [2.75, 3.05) is 0 Å². The van der Waals surface area contributed by atoms with Gasteiger partial charge in [-0.15, -0.1) is 0 Å². The van der Waals surface area contributed by atoms with E-state index in [4.69, 9.17) is 4.74 Å². The molecule has 0 bridgehead atoms. The molecule has 1 fully saturated rings. The smallest absolute Gasteiger partial charge is 0.416 e. The number of halogens is 3. The number of nitrogens with one attached hydrogen (secondary N) is 1. The highest BCUT2D eigenvalue weighted by atomic mass is 19.4. The summed E-state index contributed by atoms with van der Waals surface area (Å²) in [7, 11) is 0. The summed E-state index contributed by atoms with van der Waals surface area (Å²) in [6.07, 6.45) is -0.741. The third kappa shape index (κ3) is 7.49. The van der Waals surface area contributed by atoms with Gasteiger partial charge in [-0.25, -0.2) is 0 Å². The molecule has 180 valence electrons. The molecule has 1 aliphatic carbocycles. The molecule has 0 aromatic heterocycles. The molecule has 2 aromatic rings. The van der Waals surface area contributed by atoms with Crippen LogP contribution in [0.3, 0.4) is 0 Å². The highest BCUT2D eigenvalue weighted by Gasteiger charge is 2.33. The third-order valence-electron chi connectivity index (χ3n) is 6.06. The van der Waals surface area contributed by atoms with Crippen molar-refractivity contribution >= 4 is 5.97 Å². The van der Waals surface area contributed by atoms with E-state index in [0.29, 0.717) is 36.3 Å². The molecule has 4 nitrogen and oxygen atoms in total. The zero-order valence-electron chi connectivity index (χ0n) is 19.1. The molecule has 1 saturated carbocycles. The van der Waals surface area contributed by atoms with Gasteiger partial charge in [0.2, 0.25) is 0 Å². The lowest BCUT2D eigenvalue weighted by Gasteiger charge is -2.27. The summed E-state index contributed by atoms with van der Waals surface area (Å²) in [4.78, 5) is 11.2.